The molecule has 1 aromatic heterocycles. The molecule has 2 aromatic carbocycles. The first kappa shape index (κ1) is 24.6. The van der Waals surface area contributed by atoms with E-state index in [1.807, 2.05) is 47.2 Å². The van der Waals surface area contributed by atoms with Gasteiger partial charge in [-0.1, -0.05) is 80.7 Å². The summed E-state index contributed by atoms with van der Waals surface area (Å²) in [6.07, 6.45) is 4.86. The first-order valence-electron chi connectivity index (χ1n) is 10.5. The number of benzene rings is 2. The summed E-state index contributed by atoms with van der Waals surface area (Å²) in [6.45, 7) is 10.7. The summed E-state index contributed by atoms with van der Waals surface area (Å²) < 4.78 is 1.90. The minimum atomic E-state index is -0.493. The number of halogens is 3. The van der Waals surface area contributed by atoms with Gasteiger partial charge in [-0.3, -0.25) is 0 Å². The molecule has 0 aliphatic heterocycles. The van der Waals surface area contributed by atoms with Gasteiger partial charge in [0, 0.05) is 20.8 Å². The van der Waals surface area contributed by atoms with Gasteiger partial charge in [0.1, 0.15) is 0 Å². The molecule has 1 N–H and O–H groups in total. The Bertz CT molecular complexity index is 1090. The van der Waals surface area contributed by atoms with E-state index < -0.39 is 5.54 Å². The van der Waals surface area contributed by atoms with Crippen LogP contribution in [-0.4, -0.2) is 20.2 Å². The molecule has 8 heteroatoms. The van der Waals surface area contributed by atoms with Gasteiger partial charge in [-0.15, -0.1) is 5.10 Å². The van der Waals surface area contributed by atoms with Crippen LogP contribution in [0, 0.1) is 5.41 Å². The number of hydrogen-bond donors (Lipinski definition) is 1. The van der Waals surface area contributed by atoms with Crippen LogP contribution in [0.5, 0.6) is 0 Å². The Labute approximate surface area is 204 Å². The third-order valence-corrected chi connectivity index (χ3v) is 6.34. The molecular weight excluding hydrogens is 465 g/mol. The number of anilines is 1. The van der Waals surface area contributed by atoms with Gasteiger partial charge in [0.15, 0.2) is 5.82 Å². The average Bonchev–Trinajstić information content (AvgIpc) is 3.20. The first-order valence-corrected chi connectivity index (χ1v) is 11.6. The van der Waals surface area contributed by atoms with Crippen LogP contribution in [-0.2, 0) is 5.54 Å². The maximum atomic E-state index is 6.38. The van der Waals surface area contributed by atoms with Crippen molar-refractivity contribution in [3.63, 3.8) is 0 Å². The van der Waals surface area contributed by atoms with Gasteiger partial charge >= 0.3 is 0 Å². The summed E-state index contributed by atoms with van der Waals surface area (Å²) >= 11 is 18.5. The molecule has 0 fully saturated rings. The summed E-state index contributed by atoms with van der Waals surface area (Å²) in [5.41, 5.74) is 1.18. The Kier molecular flexibility index (Phi) is 7.53. The fraction of sp³-hybridized carbons (Fsp3) is 0.375. The monoisotopic (exact) mass is 491 g/mol. The van der Waals surface area contributed by atoms with Crippen molar-refractivity contribution < 1.29 is 0 Å². The lowest BCUT2D eigenvalue weighted by Gasteiger charge is -2.34. The molecular formula is C24H28Cl3N5. The van der Waals surface area contributed by atoms with E-state index in [1.165, 1.54) is 0 Å². The minimum absolute atomic E-state index is 0.114. The molecule has 0 aliphatic rings. The minimum Gasteiger partial charge on any atom is -0.373 e. The summed E-state index contributed by atoms with van der Waals surface area (Å²) in [6, 6.07) is 13.0. The van der Waals surface area contributed by atoms with Crippen LogP contribution in [0.3, 0.4) is 0 Å². The highest BCUT2D eigenvalue weighted by atomic mass is 35.5. The van der Waals surface area contributed by atoms with Crippen molar-refractivity contribution in [2.45, 2.75) is 52.6 Å². The summed E-state index contributed by atoms with van der Waals surface area (Å²) in [7, 11) is 0. The van der Waals surface area contributed by atoms with Crippen molar-refractivity contribution in [3.8, 4) is 0 Å². The molecule has 2 atom stereocenters. The zero-order valence-corrected chi connectivity index (χ0v) is 21.2. The quantitative estimate of drug-likeness (QED) is 0.367. The maximum Gasteiger partial charge on any atom is 0.177 e. The standard InChI is InChI=1S/C24H28Cl3N5/c1-6-24(5,28-19-12-10-17(25)11-13-19)22-29-30-31-32(22)21(23(2,3)4)14-8-16-7-9-18(26)15-20(16)27/h7-15,21,28H,6H2,1-5H3. The zero-order chi connectivity index (χ0) is 23.5. The highest BCUT2D eigenvalue weighted by molar-refractivity contribution is 6.35. The SMILES string of the molecule is CCC(C)(Nc1ccc(Cl)cc1)c1nnnn1C(C=Cc1ccc(Cl)cc1Cl)C(C)(C)C. The number of nitrogens with one attached hydrogen (secondary N) is 1. The van der Waals surface area contributed by atoms with Gasteiger partial charge in [0.2, 0.25) is 0 Å². The Morgan fingerprint density at radius 1 is 1.00 bits per heavy atom. The number of hydrogen-bond acceptors (Lipinski definition) is 4. The van der Waals surface area contributed by atoms with Crippen LogP contribution in [0.4, 0.5) is 5.69 Å². The van der Waals surface area contributed by atoms with Gasteiger partial charge in [-0.05, 0) is 71.1 Å². The van der Waals surface area contributed by atoms with Crippen molar-refractivity contribution in [3.05, 3.63) is 75.0 Å². The zero-order valence-electron chi connectivity index (χ0n) is 18.9. The normalized spacial score (nSPS) is 15.0. The lowest BCUT2D eigenvalue weighted by atomic mass is 9.85. The third kappa shape index (κ3) is 5.64. The van der Waals surface area contributed by atoms with Crippen molar-refractivity contribution in [1.82, 2.24) is 20.2 Å². The molecule has 1 heterocycles. The summed E-state index contributed by atoms with van der Waals surface area (Å²) in [5.74, 6) is 0.752. The second-order valence-corrected chi connectivity index (χ2v) is 10.4. The molecule has 0 radical (unpaired) electrons. The Hall–Kier alpha value is -2.08. The van der Waals surface area contributed by atoms with Crippen molar-refractivity contribution in [2.75, 3.05) is 5.32 Å². The fourth-order valence-electron chi connectivity index (χ4n) is 3.47. The molecule has 3 rings (SSSR count). The smallest absolute Gasteiger partial charge is 0.177 e. The Balaban J connectivity index is 2.00. The van der Waals surface area contributed by atoms with Crippen LogP contribution in [0.2, 0.25) is 15.1 Å². The largest absolute Gasteiger partial charge is 0.373 e. The lowest BCUT2D eigenvalue weighted by molar-refractivity contribution is 0.255. The van der Waals surface area contributed by atoms with Crippen LogP contribution in [0.25, 0.3) is 6.08 Å². The Morgan fingerprint density at radius 2 is 1.66 bits per heavy atom. The van der Waals surface area contributed by atoms with E-state index in [4.69, 9.17) is 34.8 Å². The maximum absolute atomic E-state index is 6.38. The molecule has 0 amide bonds. The van der Waals surface area contributed by atoms with E-state index in [2.05, 4.69) is 61.5 Å². The predicted molar refractivity (Wildman–Crippen MR) is 135 cm³/mol. The number of aromatic nitrogens is 4. The highest BCUT2D eigenvalue weighted by Crippen LogP contribution is 2.37. The van der Waals surface area contributed by atoms with E-state index in [-0.39, 0.29) is 11.5 Å². The number of tetrazole rings is 1. The molecule has 0 bridgehead atoms. The summed E-state index contributed by atoms with van der Waals surface area (Å²) in [4.78, 5) is 0. The first-order chi connectivity index (χ1) is 15.0. The summed E-state index contributed by atoms with van der Waals surface area (Å²) in [5, 5.41) is 18.3. The van der Waals surface area contributed by atoms with Crippen LogP contribution in [0.15, 0.2) is 48.5 Å². The van der Waals surface area contributed by atoms with Gasteiger partial charge in [-0.25, -0.2) is 4.68 Å². The second kappa shape index (κ2) is 9.82. The molecule has 0 saturated heterocycles. The van der Waals surface area contributed by atoms with Crippen LogP contribution >= 0.6 is 34.8 Å². The molecule has 3 aromatic rings. The molecule has 0 aliphatic carbocycles. The van der Waals surface area contributed by atoms with E-state index in [0.717, 1.165) is 23.5 Å². The van der Waals surface area contributed by atoms with Gasteiger partial charge < -0.3 is 5.32 Å². The van der Waals surface area contributed by atoms with Gasteiger partial charge in [0.25, 0.3) is 0 Å². The molecule has 5 nitrogen and oxygen atoms in total. The number of nitrogens with zero attached hydrogens (tertiary/aromatic N) is 4. The second-order valence-electron chi connectivity index (χ2n) is 9.10. The Morgan fingerprint density at radius 3 is 2.25 bits per heavy atom. The van der Waals surface area contributed by atoms with E-state index in [0.29, 0.717) is 15.1 Å². The lowest BCUT2D eigenvalue weighted by Crippen LogP contribution is -2.37. The van der Waals surface area contributed by atoms with E-state index in [9.17, 15) is 0 Å². The van der Waals surface area contributed by atoms with E-state index >= 15 is 0 Å². The number of allylic oxidation sites excluding steroid dienone is 1. The van der Waals surface area contributed by atoms with Crippen LogP contribution < -0.4 is 5.32 Å². The molecule has 32 heavy (non-hydrogen) atoms. The van der Waals surface area contributed by atoms with Gasteiger partial charge in [-0.2, -0.15) is 0 Å². The van der Waals surface area contributed by atoms with E-state index in [1.54, 1.807) is 6.07 Å². The highest BCUT2D eigenvalue weighted by Gasteiger charge is 2.36. The van der Waals surface area contributed by atoms with Crippen molar-refractivity contribution in [2.24, 2.45) is 5.41 Å². The topological polar surface area (TPSA) is 55.6 Å². The molecule has 2 unspecified atom stereocenters. The van der Waals surface area contributed by atoms with Crippen LogP contribution in [0.1, 0.15) is 58.5 Å². The van der Waals surface area contributed by atoms with Gasteiger partial charge in [0.05, 0.1) is 11.6 Å². The third-order valence-electron chi connectivity index (χ3n) is 5.53. The molecule has 170 valence electrons. The van der Waals surface area contributed by atoms with Crippen molar-refractivity contribution >= 4 is 46.6 Å². The fourth-order valence-corrected chi connectivity index (χ4v) is 4.06. The molecule has 0 spiro atoms. The van der Waals surface area contributed by atoms with Crippen molar-refractivity contribution in [1.29, 1.82) is 0 Å². The number of rotatable bonds is 7. The average molecular weight is 493 g/mol. The predicted octanol–water partition coefficient (Wildman–Crippen LogP) is 7.67. The molecule has 0 saturated carbocycles.